The summed E-state index contributed by atoms with van der Waals surface area (Å²) >= 11 is 12.8. The van der Waals surface area contributed by atoms with Crippen molar-refractivity contribution in [2.45, 2.75) is 78.2 Å². The molecule has 3 aromatic rings. The van der Waals surface area contributed by atoms with E-state index in [4.69, 9.17) is 46.9 Å². The van der Waals surface area contributed by atoms with Crippen molar-refractivity contribution in [2.75, 3.05) is 13.7 Å². The van der Waals surface area contributed by atoms with E-state index in [-0.39, 0.29) is 45.0 Å². The molecular weight excluding hydrogens is 713 g/mol. The number of nitrogens with one attached hydrogen (secondary N) is 1. The van der Waals surface area contributed by atoms with E-state index in [9.17, 15) is 23.2 Å². The number of pyridine rings is 1. The topological polar surface area (TPSA) is 132 Å². The van der Waals surface area contributed by atoms with Gasteiger partial charge >= 0.3 is 24.6 Å². The molecule has 0 aliphatic heterocycles. The number of rotatable bonds is 15. The zero-order valence-corrected chi connectivity index (χ0v) is 30.5. The third-order valence-electron chi connectivity index (χ3n) is 7.52. The Kier molecular flexibility index (Phi) is 13.3. The summed E-state index contributed by atoms with van der Waals surface area (Å²) in [4.78, 5) is 43.5. The first kappa shape index (κ1) is 39.4. The van der Waals surface area contributed by atoms with Gasteiger partial charge in [-0.05, 0) is 86.9 Å². The second kappa shape index (κ2) is 17.2. The van der Waals surface area contributed by atoms with Crippen molar-refractivity contribution >= 4 is 41.2 Å². The highest BCUT2D eigenvalue weighted by atomic mass is 35.5. The number of benzene rings is 2. The Morgan fingerprint density at radius 3 is 2.22 bits per heavy atom. The van der Waals surface area contributed by atoms with E-state index in [2.05, 4.69) is 15.0 Å². The van der Waals surface area contributed by atoms with Crippen molar-refractivity contribution in [3.8, 4) is 23.0 Å². The lowest BCUT2D eigenvalue weighted by Crippen LogP contribution is -2.48. The molecule has 0 spiro atoms. The first-order valence-corrected chi connectivity index (χ1v) is 16.9. The molecule has 11 nitrogen and oxygen atoms in total. The third kappa shape index (κ3) is 11.6. The van der Waals surface area contributed by atoms with E-state index in [1.165, 1.54) is 55.9 Å². The number of carbonyl (C=O) groups is 3. The molecule has 0 saturated heterocycles. The van der Waals surface area contributed by atoms with Crippen LogP contribution in [0.15, 0.2) is 48.8 Å². The quantitative estimate of drug-likeness (QED) is 0.119. The monoisotopic (exact) mass is 752 g/mol. The summed E-state index contributed by atoms with van der Waals surface area (Å²) in [5.74, 6) is -1.89. The van der Waals surface area contributed by atoms with Crippen LogP contribution in [0.4, 0.5) is 13.6 Å². The van der Waals surface area contributed by atoms with Crippen molar-refractivity contribution < 1.29 is 51.6 Å². The molecule has 1 fully saturated rings. The number of alkyl halides is 2. The Hall–Kier alpha value is -4.36. The smallest absolute Gasteiger partial charge is 0.408 e. The van der Waals surface area contributed by atoms with Crippen LogP contribution >= 0.6 is 23.2 Å². The van der Waals surface area contributed by atoms with E-state index in [0.717, 1.165) is 12.8 Å². The number of nitrogens with zero attached hydrogens (tertiary/aromatic N) is 1. The van der Waals surface area contributed by atoms with E-state index >= 15 is 0 Å². The third-order valence-corrected chi connectivity index (χ3v) is 8.17. The van der Waals surface area contributed by atoms with Gasteiger partial charge in [0, 0.05) is 18.8 Å². The largest absolute Gasteiger partial charge is 0.493 e. The Morgan fingerprint density at radius 2 is 1.63 bits per heavy atom. The molecule has 1 heterocycles. The molecule has 1 aliphatic carbocycles. The van der Waals surface area contributed by atoms with Crippen LogP contribution < -0.4 is 24.3 Å². The standard InChI is InChI=1S/C36H40Cl2F2N2O9/c1-19(2)31(42-35(45)51-36(3,4)5)33(44)49-30-14-22(10-11-26(30)46-6)32(43)48-28(15-23-24(37)16-41-17-25(23)38)21-9-12-27(50-34(39)40)29(13-21)47-18-20-7-8-20/h9-14,16-17,19-20,28,31,34H,7-8,15,18H2,1-6H3,(H,42,45)/t28-,31-/m0/s1. The van der Waals surface area contributed by atoms with Gasteiger partial charge in [0.1, 0.15) is 17.7 Å². The van der Waals surface area contributed by atoms with Gasteiger partial charge in [0.05, 0.1) is 29.3 Å². The van der Waals surface area contributed by atoms with Crippen LogP contribution in [-0.2, 0) is 20.7 Å². The Labute approximate surface area is 304 Å². The minimum atomic E-state index is -3.09. The van der Waals surface area contributed by atoms with E-state index in [0.29, 0.717) is 23.7 Å². The van der Waals surface area contributed by atoms with E-state index in [1.807, 2.05) is 0 Å². The van der Waals surface area contributed by atoms with Crippen molar-refractivity contribution in [2.24, 2.45) is 11.8 Å². The maximum absolute atomic E-state index is 13.8. The van der Waals surface area contributed by atoms with Crippen LogP contribution in [0.5, 0.6) is 23.0 Å². The zero-order chi connectivity index (χ0) is 37.5. The summed E-state index contributed by atoms with van der Waals surface area (Å²) in [6, 6.07) is 7.22. The molecule has 1 saturated carbocycles. The lowest BCUT2D eigenvalue weighted by Gasteiger charge is -2.25. The number of alkyl carbamates (subject to hydrolysis) is 1. The van der Waals surface area contributed by atoms with Crippen LogP contribution in [0.2, 0.25) is 10.0 Å². The normalized spacial score (nSPS) is 14.0. The molecule has 51 heavy (non-hydrogen) atoms. The number of amides is 1. The summed E-state index contributed by atoms with van der Waals surface area (Å²) in [7, 11) is 1.35. The van der Waals surface area contributed by atoms with E-state index < -0.39 is 48.3 Å². The number of carbonyl (C=O) groups excluding carboxylic acids is 3. The second-order valence-corrected chi connectivity index (χ2v) is 14.0. The first-order chi connectivity index (χ1) is 24.0. The van der Waals surface area contributed by atoms with Crippen molar-refractivity contribution in [3.05, 3.63) is 75.5 Å². The molecule has 0 unspecified atom stereocenters. The number of hydrogen-bond acceptors (Lipinski definition) is 10. The maximum Gasteiger partial charge on any atom is 0.408 e. The fraction of sp³-hybridized carbons (Fsp3) is 0.444. The van der Waals surface area contributed by atoms with Gasteiger partial charge in [0.2, 0.25) is 0 Å². The average molecular weight is 754 g/mol. The average Bonchev–Trinajstić information content (AvgIpc) is 3.88. The number of halogens is 4. The molecule has 1 aromatic heterocycles. The van der Waals surface area contributed by atoms with Gasteiger partial charge < -0.3 is 33.7 Å². The molecule has 1 amide bonds. The minimum Gasteiger partial charge on any atom is -0.493 e. The van der Waals surface area contributed by atoms with Gasteiger partial charge in [0.25, 0.3) is 0 Å². The highest BCUT2D eigenvalue weighted by Crippen LogP contribution is 2.38. The summed E-state index contributed by atoms with van der Waals surface area (Å²) in [6.45, 7) is 5.70. The summed E-state index contributed by atoms with van der Waals surface area (Å²) in [5.41, 5.74) is -0.0415. The van der Waals surface area contributed by atoms with Crippen molar-refractivity contribution in [1.29, 1.82) is 0 Å². The summed E-state index contributed by atoms with van der Waals surface area (Å²) < 4.78 is 59.3. The molecule has 0 radical (unpaired) electrons. The number of ether oxygens (including phenoxy) is 6. The highest BCUT2D eigenvalue weighted by molar-refractivity contribution is 6.35. The van der Waals surface area contributed by atoms with Crippen molar-refractivity contribution in [3.63, 3.8) is 0 Å². The highest BCUT2D eigenvalue weighted by Gasteiger charge is 2.31. The molecule has 1 aliphatic rings. The van der Waals surface area contributed by atoms with Crippen LogP contribution in [0.3, 0.4) is 0 Å². The lowest BCUT2D eigenvalue weighted by atomic mass is 10.0. The minimum absolute atomic E-state index is 0.0282. The van der Waals surface area contributed by atoms with Crippen LogP contribution in [0.25, 0.3) is 0 Å². The Balaban J connectivity index is 1.64. The van der Waals surface area contributed by atoms with Gasteiger partial charge in [-0.2, -0.15) is 8.78 Å². The van der Waals surface area contributed by atoms with Gasteiger partial charge in [-0.1, -0.05) is 43.1 Å². The van der Waals surface area contributed by atoms with Crippen molar-refractivity contribution in [1.82, 2.24) is 10.3 Å². The first-order valence-electron chi connectivity index (χ1n) is 16.1. The van der Waals surface area contributed by atoms with Crippen LogP contribution in [-0.4, -0.2) is 55.0 Å². The fourth-order valence-electron chi connectivity index (χ4n) is 4.75. The number of aromatic nitrogens is 1. The Morgan fingerprint density at radius 1 is 0.961 bits per heavy atom. The maximum atomic E-state index is 13.8. The fourth-order valence-corrected chi connectivity index (χ4v) is 5.27. The predicted molar refractivity (Wildman–Crippen MR) is 184 cm³/mol. The molecule has 0 bridgehead atoms. The van der Waals surface area contributed by atoms with Gasteiger partial charge in [0.15, 0.2) is 23.0 Å². The molecule has 2 atom stereocenters. The summed E-state index contributed by atoms with van der Waals surface area (Å²) in [5, 5.41) is 2.95. The van der Waals surface area contributed by atoms with Crippen LogP contribution in [0.1, 0.15) is 75.0 Å². The van der Waals surface area contributed by atoms with Gasteiger partial charge in [-0.25, -0.2) is 14.4 Å². The molecule has 4 rings (SSSR count). The molecule has 15 heteroatoms. The van der Waals surface area contributed by atoms with Gasteiger partial charge in [-0.3, -0.25) is 4.98 Å². The zero-order valence-electron chi connectivity index (χ0n) is 29.0. The number of esters is 2. The number of hydrogen-bond donors (Lipinski definition) is 1. The van der Waals surface area contributed by atoms with E-state index in [1.54, 1.807) is 34.6 Å². The molecule has 2 aromatic carbocycles. The Bertz CT molecular complexity index is 1690. The van der Waals surface area contributed by atoms with Gasteiger partial charge in [-0.15, -0.1) is 0 Å². The second-order valence-electron chi connectivity index (χ2n) is 13.2. The van der Waals surface area contributed by atoms with Crippen LogP contribution in [0, 0.1) is 11.8 Å². The molecule has 1 N–H and O–H groups in total. The molecular formula is C36H40Cl2F2N2O9. The predicted octanol–water partition coefficient (Wildman–Crippen LogP) is 8.38. The molecule has 276 valence electrons. The summed E-state index contributed by atoms with van der Waals surface area (Å²) in [6.07, 6.45) is 2.78. The SMILES string of the molecule is COc1ccc(C(=O)O[C@@H](Cc2c(Cl)cncc2Cl)c2ccc(OC(F)F)c(OCC3CC3)c2)cc1OC(=O)[C@@H](NC(=O)OC(C)(C)C)C(C)C. The lowest BCUT2D eigenvalue weighted by molar-refractivity contribution is -0.138. The number of methoxy groups -OCH3 is 1.